The molecule has 2 atom stereocenters. The van der Waals surface area contributed by atoms with Crippen LogP contribution in [0.25, 0.3) is 0 Å². The lowest BCUT2D eigenvalue weighted by Crippen LogP contribution is -2.25. The van der Waals surface area contributed by atoms with Crippen molar-refractivity contribution < 1.29 is 0 Å². The van der Waals surface area contributed by atoms with Gasteiger partial charge >= 0.3 is 0 Å². The first-order valence-corrected chi connectivity index (χ1v) is 6.19. The molecule has 1 aromatic rings. The molecule has 78 valence electrons. The Morgan fingerprint density at radius 3 is 2.57 bits per heavy atom. The fraction of sp³-hybridized carbons (Fsp3) is 0.545. The largest absolute Gasteiger partial charge is 0.309 e. The molecule has 0 bridgehead atoms. The van der Waals surface area contributed by atoms with Crippen LogP contribution in [0.1, 0.15) is 25.5 Å². The zero-order chi connectivity index (χ0) is 10.4. The van der Waals surface area contributed by atoms with Gasteiger partial charge in [0.25, 0.3) is 0 Å². The van der Waals surface area contributed by atoms with Crippen molar-refractivity contribution in [2.45, 2.75) is 25.1 Å². The van der Waals surface area contributed by atoms with Gasteiger partial charge in [-0.15, -0.1) is 0 Å². The molecule has 1 heterocycles. The van der Waals surface area contributed by atoms with Crippen molar-refractivity contribution in [3.63, 3.8) is 0 Å². The SMILES string of the molecule is CSC(C)CNC(C)c1ccncc1. The molecule has 0 aliphatic rings. The number of pyridine rings is 1. The summed E-state index contributed by atoms with van der Waals surface area (Å²) in [6, 6.07) is 4.52. The molecule has 2 nitrogen and oxygen atoms in total. The van der Waals surface area contributed by atoms with Gasteiger partial charge in [0.15, 0.2) is 0 Å². The zero-order valence-corrected chi connectivity index (χ0v) is 9.84. The third kappa shape index (κ3) is 3.68. The van der Waals surface area contributed by atoms with Gasteiger partial charge in [0.2, 0.25) is 0 Å². The summed E-state index contributed by atoms with van der Waals surface area (Å²) in [5, 5.41) is 4.17. The van der Waals surface area contributed by atoms with Crippen molar-refractivity contribution in [1.82, 2.24) is 10.3 Å². The van der Waals surface area contributed by atoms with Crippen LogP contribution >= 0.6 is 11.8 Å². The smallest absolute Gasteiger partial charge is 0.0293 e. The number of hydrogen-bond acceptors (Lipinski definition) is 3. The van der Waals surface area contributed by atoms with E-state index in [0.717, 1.165) is 6.54 Å². The maximum atomic E-state index is 4.01. The summed E-state index contributed by atoms with van der Waals surface area (Å²) in [5.41, 5.74) is 1.30. The molecule has 0 radical (unpaired) electrons. The molecule has 1 aromatic heterocycles. The van der Waals surface area contributed by atoms with E-state index in [9.17, 15) is 0 Å². The molecular weight excluding hydrogens is 192 g/mol. The average molecular weight is 210 g/mol. The summed E-state index contributed by atoms with van der Waals surface area (Å²) in [7, 11) is 0. The lowest BCUT2D eigenvalue weighted by Gasteiger charge is -2.16. The summed E-state index contributed by atoms with van der Waals surface area (Å²) in [4.78, 5) is 4.01. The topological polar surface area (TPSA) is 24.9 Å². The zero-order valence-electron chi connectivity index (χ0n) is 9.03. The highest BCUT2D eigenvalue weighted by Crippen LogP contribution is 2.11. The fourth-order valence-electron chi connectivity index (χ4n) is 1.20. The molecule has 0 aromatic carbocycles. The van der Waals surface area contributed by atoms with Crippen LogP contribution in [0.3, 0.4) is 0 Å². The van der Waals surface area contributed by atoms with E-state index < -0.39 is 0 Å². The highest BCUT2D eigenvalue weighted by molar-refractivity contribution is 7.99. The van der Waals surface area contributed by atoms with Gasteiger partial charge in [-0.3, -0.25) is 4.98 Å². The van der Waals surface area contributed by atoms with Crippen LogP contribution < -0.4 is 5.32 Å². The second-order valence-corrected chi connectivity index (χ2v) is 4.73. The van der Waals surface area contributed by atoms with Crippen molar-refractivity contribution in [3.8, 4) is 0 Å². The molecule has 1 N–H and O–H groups in total. The first-order valence-electron chi connectivity index (χ1n) is 4.90. The van der Waals surface area contributed by atoms with Crippen LogP contribution in [-0.2, 0) is 0 Å². The van der Waals surface area contributed by atoms with E-state index in [-0.39, 0.29) is 0 Å². The minimum absolute atomic E-state index is 0.410. The quantitative estimate of drug-likeness (QED) is 0.808. The fourth-order valence-corrected chi connectivity index (χ4v) is 1.46. The highest BCUT2D eigenvalue weighted by atomic mass is 32.2. The Labute approximate surface area is 90.5 Å². The molecule has 1 rings (SSSR count). The molecule has 0 aliphatic carbocycles. The average Bonchev–Trinajstić information content (AvgIpc) is 2.26. The molecule has 3 heteroatoms. The van der Waals surface area contributed by atoms with Crippen LogP contribution in [-0.4, -0.2) is 23.0 Å². The lowest BCUT2D eigenvalue weighted by molar-refractivity contribution is 0.575. The Bertz CT molecular complexity index is 251. The number of thioether (sulfide) groups is 1. The molecule has 0 spiro atoms. The monoisotopic (exact) mass is 210 g/mol. The summed E-state index contributed by atoms with van der Waals surface area (Å²) in [6.07, 6.45) is 5.82. The van der Waals surface area contributed by atoms with E-state index in [0.29, 0.717) is 11.3 Å². The predicted octanol–water partition coefficient (Wildman–Crippen LogP) is 2.48. The van der Waals surface area contributed by atoms with Gasteiger partial charge < -0.3 is 5.32 Å². The van der Waals surface area contributed by atoms with E-state index in [4.69, 9.17) is 0 Å². The summed E-state index contributed by atoms with van der Waals surface area (Å²) in [6.45, 7) is 5.46. The standard InChI is InChI=1S/C11H18N2S/c1-9(14-3)8-13-10(2)11-4-6-12-7-5-11/h4-7,9-10,13H,8H2,1-3H3. The van der Waals surface area contributed by atoms with Crippen molar-refractivity contribution in [2.75, 3.05) is 12.8 Å². The minimum atomic E-state index is 0.410. The molecule has 0 saturated carbocycles. The Morgan fingerprint density at radius 2 is 2.00 bits per heavy atom. The van der Waals surface area contributed by atoms with Crippen molar-refractivity contribution >= 4 is 11.8 Å². The van der Waals surface area contributed by atoms with Crippen LogP contribution in [0.5, 0.6) is 0 Å². The summed E-state index contributed by atoms with van der Waals surface area (Å²) in [5.74, 6) is 0. The van der Waals surface area contributed by atoms with E-state index in [1.165, 1.54) is 5.56 Å². The Morgan fingerprint density at radius 1 is 1.36 bits per heavy atom. The number of rotatable bonds is 5. The second-order valence-electron chi connectivity index (χ2n) is 3.46. The lowest BCUT2D eigenvalue weighted by atomic mass is 10.1. The van der Waals surface area contributed by atoms with Gasteiger partial charge in [-0.25, -0.2) is 0 Å². The summed E-state index contributed by atoms with van der Waals surface area (Å²) >= 11 is 1.89. The normalized spacial score (nSPS) is 15.1. The van der Waals surface area contributed by atoms with Gasteiger partial charge in [-0.1, -0.05) is 6.92 Å². The summed E-state index contributed by atoms with van der Waals surface area (Å²) < 4.78 is 0. The maximum absolute atomic E-state index is 4.01. The maximum Gasteiger partial charge on any atom is 0.0293 e. The van der Waals surface area contributed by atoms with Crippen molar-refractivity contribution in [1.29, 1.82) is 0 Å². The van der Waals surface area contributed by atoms with Crippen molar-refractivity contribution in [3.05, 3.63) is 30.1 Å². The highest BCUT2D eigenvalue weighted by Gasteiger charge is 2.05. The van der Waals surface area contributed by atoms with Crippen LogP contribution in [0.4, 0.5) is 0 Å². The van der Waals surface area contributed by atoms with E-state index in [1.807, 2.05) is 24.2 Å². The minimum Gasteiger partial charge on any atom is -0.309 e. The Hall–Kier alpha value is -0.540. The Kier molecular flexibility index (Phi) is 4.98. The predicted molar refractivity (Wildman–Crippen MR) is 63.6 cm³/mol. The second kappa shape index (κ2) is 6.04. The number of aromatic nitrogens is 1. The van der Waals surface area contributed by atoms with E-state index in [2.05, 4.69) is 42.5 Å². The third-order valence-electron chi connectivity index (χ3n) is 2.32. The first-order chi connectivity index (χ1) is 6.74. The molecule has 0 fully saturated rings. The van der Waals surface area contributed by atoms with Gasteiger partial charge in [0, 0.05) is 30.2 Å². The van der Waals surface area contributed by atoms with Crippen LogP contribution in [0.15, 0.2) is 24.5 Å². The van der Waals surface area contributed by atoms with Gasteiger partial charge in [-0.2, -0.15) is 11.8 Å². The van der Waals surface area contributed by atoms with Crippen LogP contribution in [0.2, 0.25) is 0 Å². The molecule has 14 heavy (non-hydrogen) atoms. The number of nitrogens with zero attached hydrogens (tertiary/aromatic N) is 1. The van der Waals surface area contributed by atoms with E-state index >= 15 is 0 Å². The molecule has 0 saturated heterocycles. The van der Waals surface area contributed by atoms with Crippen molar-refractivity contribution in [2.24, 2.45) is 0 Å². The molecule has 2 unspecified atom stereocenters. The number of nitrogens with one attached hydrogen (secondary N) is 1. The Balaban J connectivity index is 2.39. The van der Waals surface area contributed by atoms with Gasteiger partial charge in [0.1, 0.15) is 0 Å². The third-order valence-corrected chi connectivity index (χ3v) is 3.29. The molecule has 0 amide bonds. The first kappa shape index (κ1) is 11.5. The molecular formula is C11H18N2S. The van der Waals surface area contributed by atoms with Gasteiger partial charge in [-0.05, 0) is 30.9 Å². The van der Waals surface area contributed by atoms with E-state index in [1.54, 1.807) is 0 Å². The van der Waals surface area contributed by atoms with Crippen LogP contribution in [0, 0.1) is 0 Å². The number of hydrogen-bond donors (Lipinski definition) is 1. The van der Waals surface area contributed by atoms with Gasteiger partial charge in [0.05, 0.1) is 0 Å². The molecule has 0 aliphatic heterocycles.